The van der Waals surface area contributed by atoms with Gasteiger partial charge in [-0.2, -0.15) is 0 Å². The SMILES string of the molecule is CC(C)(C)c1ccc2c(c1)B1c3ccc4c(sc5ccccc54)c3-c3cc(C(C)(C)C)cc4c3N1c1c-2ccc2c1B4c1oc3ccccc3c1S2. The summed E-state index contributed by atoms with van der Waals surface area (Å²) >= 11 is 3.86. The van der Waals surface area contributed by atoms with E-state index >= 15 is 0 Å². The summed E-state index contributed by atoms with van der Waals surface area (Å²) in [5.74, 6) is 0. The highest BCUT2D eigenvalue weighted by atomic mass is 32.2. The molecule has 2 aromatic heterocycles. The van der Waals surface area contributed by atoms with Crippen LogP contribution in [0.25, 0.3) is 53.4 Å². The van der Waals surface area contributed by atoms with Crippen LogP contribution in [0.5, 0.6) is 0 Å². The second-order valence-electron chi connectivity index (χ2n) is 17.2. The Morgan fingerprint density at radius 3 is 2.19 bits per heavy atom. The van der Waals surface area contributed by atoms with Gasteiger partial charge in [0.15, 0.2) is 0 Å². The average Bonchev–Trinajstić information content (AvgIpc) is 3.70. The van der Waals surface area contributed by atoms with Crippen molar-refractivity contribution in [2.24, 2.45) is 0 Å². The molecule has 0 spiro atoms. The number of hydrogen-bond donors (Lipinski definition) is 0. The molecular weight excluding hydrogens is 668 g/mol. The minimum atomic E-state index is -0.0439. The van der Waals surface area contributed by atoms with Gasteiger partial charge in [-0.15, -0.1) is 11.3 Å². The van der Waals surface area contributed by atoms with Crippen LogP contribution < -0.4 is 32.3 Å². The van der Waals surface area contributed by atoms with E-state index in [2.05, 4.69) is 149 Å². The van der Waals surface area contributed by atoms with Gasteiger partial charge in [0.05, 0.1) is 10.6 Å². The molecule has 12 rings (SSSR count). The zero-order valence-electron chi connectivity index (χ0n) is 30.1. The molecule has 0 unspecified atom stereocenters. The molecule has 8 aromatic rings. The summed E-state index contributed by atoms with van der Waals surface area (Å²) in [6.45, 7) is 14.2. The van der Waals surface area contributed by atoms with Crippen molar-refractivity contribution in [3.05, 3.63) is 114 Å². The standard InChI is InChI=1S/C46H35B2NOS2/c1-45(2,3)24-15-16-26-28-18-20-37-39-41(28)49-40-31(38-32(48(49)33(26)22-24)19-17-29-27-11-8-10-14-36(27)51-42(29)38)21-25(46(4,5)6)23-34(40)47(39)44-43(52-37)30-12-7-9-13-35(30)50-44/h7-23H,1-6H3. The first-order valence-electron chi connectivity index (χ1n) is 18.5. The molecule has 0 radical (unpaired) electrons. The van der Waals surface area contributed by atoms with Crippen LogP contribution in [0.1, 0.15) is 52.7 Å². The van der Waals surface area contributed by atoms with E-state index in [0.29, 0.717) is 0 Å². The Labute approximate surface area is 313 Å². The lowest BCUT2D eigenvalue weighted by Crippen LogP contribution is -2.68. The van der Waals surface area contributed by atoms with Gasteiger partial charge >= 0.3 is 6.85 Å². The van der Waals surface area contributed by atoms with Gasteiger partial charge in [0.1, 0.15) is 5.58 Å². The zero-order valence-corrected chi connectivity index (χ0v) is 31.8. The van der Waals surface area contributed by atoms with Crippen LogP contribution in [-0.4, -0.2) is 13.6 Å². The first-order valence-corrected chi connectivity index (χ1v) is 20.1. The van der Waals surface area contributed by atoms with Crippen LogP contribution in [0.15, 0.2) is 117 Å². The predicted molar refractivity (Wildman–Crippen MR) is 226 cm³/mol. The summed E-state index contributed by atoms with van der Waals surface area (Å²) in [5.41, 5.74) is 18.6. The fraction of sp³-hybridized carbons (Fsp3) is 0.174. The van der Waals surface area contributed by atoms with E-state index in [9.17, 15) is 0 Å². The third kappa shape index (κ3) is 3.65. The van der Waals surface area contributed by atoms with Gasteiger partial charge in [0, 0.05) is 53.0 Å². The van der Waals surface area contributed by atoms with Crippen molar-refractivity contribution in [2.75, 3.05) is 4.81 Å². The van der Waals surface area contributed by atoms with Gasteiger partial charge in [-0.3, -0.25) is 0 Å². The Morgan fingerprint density at radius 2 is 1.37 bits per heavy atom. The molecule has 6 aromatic carbocycles. The lowest BCUT2D eigenvalue weighted by Gasteiger charge is -2.50. The van der Waals surface area contributed by atoms with Crippen molar-refractivity contribution in [1.29, 1.82) is 0 Å². The highest BCUT2D eigenvalue weighted by Gasteiger charge is 2.53. The highest BCUT2D eigenvalue weighted by Crippen LogP contribution is 2.53. The van der Waals surface area contributed by atoms with Crippen LogP contribution in [0.3, 0.4) is 0 Å². The van der Waals surface area contributed by atoms with Gasteiger partial charge in [0.2, 0.25) is 0 Å². The van der Waals surface area contributed by atoms with Crippen LogP contribution >= 0.6 is 23.1 Å². The summed E-state index contributed by atoms with van der Waals surface area (Å²) in [6.07, 6.45) is 0. The molecule has 4 aliphatic heterocycles. The summed E-state index contributed by atoms with van der Waals surface area (Å²) < 4.78 is 9.74. The first kappa shape index (κ1) is 29.9. The van der Waals surface area contributed by atoms with Gasteiger partial charge < -0.3 is 9.23 Å². The molecule has 6 heteroatoms. The van der Waals surface area contributed by atoms with E-state index in [1.807, 2.05) is 23.1 Å². The summed E-state index contributed by atoms with van der Waals surface area (Å²) in [5, 5.41) is 3.92. The highest BCUT2D eigenvalue weighted by molar-refractivity contribution is 8.00. The van der Waals surface area contributed by atoms with Crippen molar-refractivity contribution in [3.8, 4) is 22.3 Å². The van der Waals surface area contributed by atoms with E-state index < -0.39 is 0 Å². The zero-order chi connectivity index (χ0) is 35.0. The minimum absolute atomic E-state index is 0.000101. The molecule has 0 aliphatic carbocycles. The number of para-hydroxylation sites is 1. The maximum atomic E-state index is 7.00. The number of thiophene rings is 1. The Balaban J connectivity index is 1.29. The lowest BCUT2D eigenvalue weighted by molar-refractivity contribution is 0.590. The van der Waals surface area contributed by atoms with E-state index in [4.69, 9.17) is 4.42 Å². The first-order chi connectivity index (χ1) is 25.1. The second kappa shape index (κ2) is 9.66. The lowest BCUT2D eigenvalue weighted by atomic mass is 9.32. The Bertz CT molecular complexity index is 2940. The largest absolute Gasteiger partial charge is 0.469 e. The molecule has 0 fully saturated rings. The maximum Gasteiger partial charge on any atom is 0.329 e. The van der Waals surface area contributed by atoms with E-state index in [1.54, 1.807) is 0 Å². The fourth-order valence-electron chi connectivity index (χ4n) is 9.70. The van der Waals surface area contributed by atoms with Gasteiger partial charge in [0.25, 0.3) is 6.71 Å². The van der Waals surface area contributed by atoms with Crippen LogP contribution in [-0.2, 0) is 10.8 Å². The number of hydrogen-bond acceptors (Lipinski definition) is 4. The molecule has 0 bridgehead atoms. The summed E-state index contributed by atoms with van der Waals surface area (Å²) in [7, 11) is 0. The smallest absolute Gasteiger partial charge is 0.329 e. The Hall–Kier alpha value is -4.64. The van der Waals surface area contributed by atoms with Crippen molar-refractivity contribution >= 4 is 107 Å². The van der Waals surface area contributed by atoms with Gasteiger partial charge in [-0.1, -0.05) is 126 Å². The normalized spacial score (nSPS) is 14.9. The minimum Gasteiger partial charge on any atom is -0.469 e. The van der Waals surface area contributed by atoms with Crippen molar-refractivity contribution in [2.45, 2.75) is 62.2 Å². The summed E-state index contributed by atoms with van der Waals surface area (Å²) in [6, 6.07) is 39.7. The van der Waals surface area contributed by atoms with Crippen LogP contribution in [0.2, 0.25) is 0 Å². The molecule has 0 saturated carbocycles. The third-order valence-electron chi connectivity index (χ3n) is 12.2. The average molecular weight is 704 g/mol. The third-order valence-corrected chi connectivity index (χ3v) is 14.6. The number of rotatable bonds is 0. The van der Waals surface area contributed by atoms with E-state index in [-0.39, 0.29) is 24.4 Å². The Kier molecular flexibility index (Phi) is 5.55. The number of benzene rings is 6. The molecule has 0 N–H and O–H groups in total. The predicted octanol–water partition coefficient (Wildman–Crippen LogP) is 9.59. The van der Waals surface area contributed by atoms with E-state index in [0.717, 1.165) is 11.2 Å². The van der Waals surface area contributed by atoms with Gasteiger partial charge in [-0.05, 0) is 85.3 Å². The molecule has 0 saturated heterocycles. The second-order valence-corrected chi connectivity index (χ2v) is 19.3. The number of fused-ring (bicyclic) bond motifs is 15. The summed E-state index contributed by atoms with van der Waals surface area (Å²) in [4.78, 5) is 5.38. The molecule has 2 nitrogen and oxygen atoms in total. The molecular formula is C46H35B2NOS2. The Morgan fingerprint density at radius 1 is 0.615 bits per heavy atom. The molecule has 6 heterocycles. The maximum absolute atomic E-state index is 7.00. The van der Waals surface area contributed by atoms with Crippen LogP contribution in [0, 0.1) is 0 Å². The van der Waals surface area contributed by atoms with E-state index in [1.165, 1.54) is 102 Å². The van der Waals surface area contributed by atoms with Crippen molar-refractivity contribution in [3.63, 3.8) is 0 Å². The fourth-order valence-corrected chi connectivity index (χ4v) is 12.2. The number of anilines is 2. The van der Waals surface area contributed by atoms with Crippen molar-refractivity contribution < 1.29 is 4.42 Å². The number of nitrogens with zero attached hydrogens (tertiary/aromatic N) is 1. The molecule has 0 amide bonds. The molecule has 52 heavy (non-hydrogen) atoms. The topological polar surface area (TPSA) is 16.4 Å². The molecule has 4 aliphatic rings. The monoisotopic (exact) mass is 703 g/mol. The quantitative estimate of drug-likeness (QED) is 0.147. The molecule has 248 valence electrons. The molecule has 0 atom stereocenters. The van der Waals surface area contributed by atoms with Crippen molar-refractivity contribution in [1.82, 2.24) is 0 Å². The van der Waals surface area contributed by atoms with Gasteiger partial charge in [-0.25, -0.2) is 0 Å². The number of furan rings is 1. The van der Waals surface area contributed by atoms with Crippen LogP contribution in [0.4, 0.5) is 11.4 Å².